The number of rotatable bonds is 6. The maximum absolute atomic E-state index is 14.2. The predicted octanol–water partition coefficient (Wildman–Crippen LogP) is 3.65. The number of fused-ring (bicyclic) bond motifs is 1. The normalized spacial score (nSPS) is 16.9. The SMILES string of the molecule is N#Cc1nc(OC(=O)C(F)(F)F)sc1N1CCC(C(CF)n2cc(-c3ncnc4[nH]ccc34)cn2)C1. The van der Waals surface area contributed by atoms with Crippen LogP contribution < -0.4 is 9.64 Å². The van der Waals surface area contributed by atoms with Gasteiger partial charge in [0.25, 0.3) is 5.19 Å². The van der Waals surface area contributed by atoms with E-state index in [0.29, 0.717) is 47.8 Å². The lowest BCUT2D eigenvalue weighted by Gasteiger charge is -2.22. The van der Waals surface area contributed by atoms with Crippen molar-refractivity contribution in [1.29, 1.82) is 5.26 Å². The van der Waals surface area contributed by atoms with Crippen molar-refractivity contribution in [3.05, 3.63) is 36.7 Å². The van der Waals surface area contributed by atoms with Gasteiger partial charge in [0.2, 0.25) is 0 Å². The second-order valence-electron chi connectivity index (χ2n) is 8.02. The first-order chi connectivity index (χ1) is 17.3. The molecule has 0 aliphatic carbocycles. The van der Waals surface area contributed by atoms with E-state index < -0.39 is 30.1 Å². The third-order valence-electron chi connectivity index (χ3n) is 5.89. The van der Waals surface area contributed by atoms with Crippen molar-refractivity contribution < 1.29 is 27.1 Å². The monoisotopic (exact) mass is 520 g/mol. The summed E-state index contributed by atoms with van der Waals surface area (Å²) in [6.45, 7) is 0.0167. The number of esters is 1. The Kier molecular flexibility index (Phi) is 6.04. The molecule has 0 bridgehead atoms. The Labute approximate surface area is 204 Å². The molecule has 4 aromatic rings. The van der Waals surface area contributed by atoms with Crippen molar-refractivity contribution in [3.63, 3.8) is 0 Å². The summed E-state index contributed by atoms with van der Waals surface area (Å²) in [5, 5.41) is 14.2. The number of aromatic amines is 1. The molecule has 1 fully saturated rings. The average molecular weight is 520 g/mol. The van der Waals surface area contributed by atoms with Gasteiger partial charge in [-0.15, -0.1) is 0 Å². The first kappa shape index (κ1) is 23.7. The maximum atomic E-state index is 14.2. The van der Waals surface area contributed by atoms with E-state index in [1.165, 1.54) is 6.33 Å². The number of hydrogen-bond donors (Lipinski definition) is 1. The molecule has 1 aliphatic rings. The number of thiazole rings is 1. The van der Waals surface area contributed by atoms with Crippen LogP contribution in [0.3, 0.4) is 0 Å². The molecule has 0 amide bonds. The van der Waals surface area contributed by atoms with Crippen LogP contribution in [0.25, 0.3) is 22.3 Å². The summed E-state index contributed by atoms with van der Waals surface area (Å²) in [4.78, 5) is 28.0. The zero-order valence-corrected chi connectivity index (χ0v) is 19.1. The molecule has 1 N–H and O–H groups in total. The number of nitrogens with zero attached hydrogens (tertiary/aromatic N) is 7. The topological polar surface area (TPSA) is 126 Å². The number of carbonyl (C=O) groups is 1. The number of aromatic nitrogens is 6. The van der Waals surface area contributed by atoms with Gasteiger partial charge < -0.3 is 14.6 Å². The molecule has 0 saturated carbocycles. The lowest BCUT2D eigenvalue weighted by molar-refractivity contribution is -0.189. The number of H-pyrrole nitrogens is 1. The summed E-state index contributed by atoms with van der Waals surface area (Å²) in [7, 11) is 0. The van der Waals surface area contributed by atoms with Crippen molar-refractivity contribution >= 4 is 33.3 Å². The highest BCUT2D eigenvalue weighted by Crippen LogP contribution is 2.39. The Balaban J connectivity index is 1.34. The summed E-state index contributed by atoms with van der Waals surface area (Å²) < 4.78 is 57.6. The van der Waals surface area contributed by atoms with Crippen LogP contribution in [0.15, 0.2) is 31.0 Å². The molecule has 2 atom stereocenters. The van der Waals surface area contributed by atoms with E-state index in [9.17, 15) is 27.6 Å². The number of hydrogen-bond acceptors (Lipinski definition) is 9. The van der Waals surface area contributed by atoms with Crippen LogP contribution >= 0.6 is 11.3 Å². The fourth-order valence-corrected chi connectivity index (χ4v) is 5.11. The molecule has 1 saturated heterocycles. The number of alkyl halides is 4. The standard InChI is InChI=1S/C21H16F4N8O2S/c22-5-15(33-9-12(7-30-33)16-13-1-3-27-17(13)29-10-28-16)11-2-4-32(8-11)18-14(6-26)31-20(36-18)35-19(34)21(23,24)25/h1,3,7,9-11,15H,2,4-5,8H2,(H,27,28,29). The van der Waals surface area contributed by atoms with Crippen LogP contribution in [-0.4, -0.2) is 61.6 Å². The number of halogens is 4. The number of ether oxygens (including phenoxy) is 1. The van der Waals surface area contributed by atoms with Crippen LogP contribution in [0, 0.1) is 17.2 Å². The van der Waals surface area contributed by atoms with E-state index in [0.717, 1.165) is 5.39 Å². The Morgan fingerprint density at radius 2 is 2.22 bits per heavy atom. The molecule has 36 heavy (non-hydrogen) atoms. The van der Waals surface area contributed by atoms with Crippen molar-refractivity contribution in [2.75, 3.05) is 24.7 Å². The first-order valence-electron chi connectivity index (χ1n) is 10.6. The van der Waals surface area contributed by atoms with E-state index >= 15 is 0 Å². The highest BCUT2D eigenvalue weighted by molar-refractivity contribution is 7.17. The maximum Gasteiger partial charge on any atom is 0.491 e. The molecule has 2 unspecified atom stereocenters. The van der Waals surface area contributed by atoms with Gasteiger partial charge >= 0.3 is 12.1 Å². The van der Waals surface area contributed by atoms with Gasteiger partial charge in [-0.3, -0.25) is 4.68 Å². The number of nitrogens with one attached hydrogen (secondary N) is 1. The molecule has 186 valence electrons. The molecule has 1 aliphatic heterocycles. The first-order valence-corrected chi connectivity index (χ1v) is 11.4. The van der Waals surface area contributed by atoms with Crippen molar-refractivity contribution in [1.82, 2.24) is 29.7 Å². The van der Waals surface area contributed by atoms with E-state index in [1.54, 1.807) is 28.2 Å². The molecule has 10 nitrogen and oxygen atoms in total. The Bertz CT molecular complexity index is 1460. The fraction of sp³-hybridized carbons (Fsp3) is 0.333. The number of anilines is 1. The minimum Gasteiger partial charge on any atom is -0.391 e. The fourth-order valence-electron chi connectivity index (χ4n) is 4.20. The van der Waals surface area contributed by atoms with E-state index in [-0.39, 0.29) is 16.6 Å². The summed E-state index contributed by atoms with van der Waals surface area (Å²) in [5.41, 5.74) is 1.85. The lowest BCUT2D eigenvalue weighted by atomic mass is 10.0. The summed E-state index contributed by atoms with van der Waals surface area (Å²) in [6, 6.07) is 3.03. The minimum absolute atomic E-state index is 0.164. The average Bonchev–Trinajstić information content (AvgIpc) is 3.64. The molecule has 0 radical (unpaired) electrons. The molecular weight excluding hydrogens is 504 g/mol. The van der Waals surface area contributed by atoms with Gasteiger partial charge in [-0.25, -0.2) is 19.2 Å². The van der Waals surface area contributed by atoms with Crippen molar-refractivity contribution in [2.45, 2.75) is 18.6 Å². The van der Waals surface area contributed by atoms with E-state index in [1.807, 2.05) is 12.1 Å². The lowest BCUT2D eigenvalue weighted by Crippen LogP contribution is -2.27. The van der Waals surface area contributed by atoms with Gasteiger partial charge in [0.05, 0.1) is 17.9 Å². The molecule has 0 spiro atoms. The van der Waals surface area contributed by atoms with Crippen LogP contribution in [-0.2, 0) is 4.79 Å². The number of nitriles is 1. The molecule has 5 heterocycles. The third kappa shape index (κ3) is 4.35. The van der Waals surface area contributed by atoms with Gasteiger partial charge in [0.15, 0.2) is 5.69 Å². The molecular formula is C21H16F4N8O2S. The molecule has 4 aromatic heterocycles. The van der Waals surface area contributed by atoms with Crippen LogP contribution in [0.1, 0.15) is 18.2 Å². The quantitative estimate of drug-likeness (QED) is 0.302. The van der Waals surface area contributed by atoms with Gasteiger partial charge in [0.1, 0.15) is 29.7 Å². The van der Waals surface area contributed by atoms with Crippen molar-refractivity contribution in [3.8, 4) is 22.5 Å². The van der Waals surface area contributed by atoms with Gasteiger partial charge in [0, 0.05) is 42.4 Å². The van der Waals surface area contributed by atoms with Gasteiger partial charge in [-0.1, -0.05) is 11.3 Å². The van der Waals surface area contributed by atoms with E-state index in [2.05, 4.69) is 29.8 Å². The Morgan fingerprint density at radius 3 is 2.97 bits per heavy atom. The van der Waals surface area contributed by atoms with Gasteiger partial charge in [-0.2, -0.15) is 28.5 Å². The van der Waals surface area contributed by atoms with Gasteiger partial charge in [-0.05, 0) is 12.5 Å². The third-order valence-corrected chi connectivity index (χ3v) is 6.88. The van der Waals surface area contributed by atoms with Crippen LogP contribution in [0.2, 0.25) is 0 Å². The van der Waals surface area contributed by atoms with Crippen LogP contribution in [0.5, 0.6) is 5.19 Å². The molecule has 0 aromatic carbocycles. The number of carbonyl (C=O) groups excluding carboxylic acids is 1. The highest BCUT2D eigenvalue weighted by atomic mass is 32.1. The second kappa shape index (κ2) is 9.19. The zero-order valence-electron chi connectivity index (χ0n) is 18.2. The Morgan fingerprint density at radius 1 is 1.39 bits per heavy atom. The largest absolute Gasteiger partial charge is 0.491 e. The molecule has 5 rings (SSSR count). The Hall–Kier alpha value is -4.06. The predicted molar refractivity (Wildman–Crippen MR) is 119 cm³/mol. The molecule has 15 heteroatoms. The summed E-state index contributed by atoms with van der Waals surface area (Å²) >= 11 is 0.662. The zero-order chi connectivity index (χ0) is 25.4. The minimum atomic E-state index is -5.19. The highest BCUT2D eigenvalue weighted by Gasteiger charge is 2.42. The van der Waals surface area contributed by atoms with Crippen LogP contribution in [0.4, 0.5) is 22.6 Å². The van der Waals surface area contributed by atoms with Crippen molar-refractivity contribution in [2.24, 2.45) is 5.92 Å². The smallest absolute Gasteiger partial charge is 0.391 e. The second-order valence-corrected chi connectivity index (χ2v) is 8.96. The van der Waals surface area contributed by atoms with E-state index in [4.69, 9.17) is 0 Å². The summed E-state index contributed by atoms with van der Waals surface area (Å²) in [6.07, 6.45) is 1.84. The summed E-state index contributed by atoms with van der Waals surface area (Å²) in [5.74, 6) is -2.63.